The highest BCUT2D eigenvalue weighted by Gasteiger charge is 2.19. The summed E-state index contributed by atoms with van der Waals surface area (Å²) >= 11 is 5.75. The van der Waals surface area contributed by atoms with Crippen molar-refractivity contribution in [1.82, 2.24) is 5.32 Å². The van der Waals surface area contributed by atoms with Gasteiger partial charge in [-0.25, -0.2) is 0 Å². The average molecular weight is 230 g/mol. The molecule has 0 saturated carbocycles. The predicted octanol–water partition coefficient (Wildman–Crippen LogP) is 1.04. The Morgan fingerprint density at radius 2 is 2.00 bits per heavy atom. The van der Waals surface area contributed by atoms with Crippen molar-refractivity contribution in [2.75, 3.05) is 13.6 Å². The normalized spacial score (nSPS) is 14.9. The van der Waals surface area contributed by atoms with Crippen LogP contribution in [0.4, 0.5) is 0 Å². The number of halogens is 1. The van der Waals surface area contributed by atoms with E-state index in [0.717, 1.165) is 5.56 Å². The fourth-order valence-electron chi connectivity index (χ4n) is 1.47. The number of rotatable bonds is 5. The highest BCUT2D eigenvalue weighted by Crippen LogP contribution is 2.22. The number of likely N-dealkylation sites (N-methyl/N-ethyl adjacent to an activating group) is 1. The molecule has 3 N–H and O–H groups in total. The van der Waals surface area contributed by atoms with Gasteiger partial charge in [0.25, 0.3) is 0 Å². The first-order chi connectivity index (χ1) is 7.20. The zero-order chi connectivity index (χ0) is 11.3. The average Bonchev–Trinajstić information content (AvgIpc) is 2.28. The monoisotopic (exact) mass is 229 g/mol. The molecule has 2 atom stereocenters. The van der Waals surface area contributed by atoms with Gasteiger partial charge in [0.05, 0.1) is 6.10 Å². The van der Waals surface area contributed by atoms with Crippen LogP contribution in [-0.2, 0) is 5.88 Å². The zero-order valence-corrected chi connectivity index (χ0v) is 9.41. The molecule has 0 aliphatic heterocycles. The lowest BCUT2D eigenvalue weighted by Crippen LogP contribution is -2.30. The van der Waals surface area contributed by atoms with Crippen molar-refractivity contribution in [3.63, 3.8) is 0 Å². The van der Waals surface area contributed by atoms with Crippen LogP contribution in [0.25, 0.3) is 0 Å². The summed E-state index contributed by atoms with van der Waals surface area (Å²) in [5.41, 5.74) is 1.54. The number of hydrogen-bond acceptors (Lipinski definition) is 3. The van der Waals surface area contributed by atoms with E-state index in [0.29, 0.717) is 18.0 Å². The van der Waals surface area contributed by atoms with Crippen LogP contribution in [0.15, 0.2) is 24.3 Å². The summed E-state index contributed by atoms with van der Waals surface area (Å²) in [5.74, 6) is 0.333. The second-order valence-electron chi connectivity index (χ2n) is 3.40. The number of alkyl halides is 1. The van der Waals surface area contributed by atoms with E-state index in [4.69, 9.17) is 11.6 Å². The van der Waals surface area contributed by atoms with Crippen LogP contribution in [0, 0.1) is 0 Å². The van der Waals surface area contributed by atoms with Crippen LogP contribution < -0.4 is 5.32 Å². The minimum absolute atomic E-state index is 0.333. The van der Waals surface area contributed by atoms with E-state index < -0.39 is 12.2 Å². The number of nitrogens with one attached hydrogen (secondary N) is 1. The Kier molecular flexibility index (Phi) is 5.05. The van der Waals surface area contributed by atoms with Gasteiger partial charge in [-0.1, -0.05) is 24.3 Å². The maximum absolute atomic E-state index is 9.88. The highest BCUT2D eigenvalue weighted by atomic mass is 35.5. The molecule has 2 unspecified atom stereocenters. The van der Waals surface area contributed by atoms with E-state index in [2.05, 4.69) is 5.32 Å². The molecule has 0 saturated heterocycles. The number of aliphatic hydroxyl groups is 2. The van der Waals surface area contributed by atoms with E-state index in [1.165, 1.54) is 0 Å². The summed E-state index contributed by atoms with van der Waals surface area (Å²) in [4.78, 5) is 0. The minimum Gasteiger partial charge on any atom is -0.389 e. The summed E-state index contributed by atoms with van der Waals surface area (Å²) in [6.45, 7) is 0.345. The van der Waals surface area contributed by atoms with E-state index in [9.17, 15) is 10.2 Å². The van der Waals surface area contributed by atoms with E-state index in [-0.39, 0.29) is 0 Å². The molecular weight excluding hydrogens is 214 g/mol. The van der Waals surface area contributed by atoms with E-state index in [1.54, 1.807) is 13.1 Å². The molecule has 0 fully saturated rings. The quantitative estimate of drug-likeness (QED) is 0.662. The molecule has 0 aromatic heterocycles. The molecule has 0 spiro atoms. The van der Waals surface area contributed by atoms with Crippen molar-refractivity contribution in [2.24, 2.45) is 0 Å². The molecule has 0 bridgehead atoms. The van der Waals surface area contributed by atoms with Gasteiger partial charge in [0.15, 0.2) is 0 Å². The summed E-state index contributed by atoms with van der Waals surface area (Å²) in [5, 5.41) is 22.3. The fraction of sp³-hybridized carbons (Fsp3) is 0.455. The summed E-state index contributed by atoms with van der Waals surface area (Å²) in [6.07, 6.45) is -1.72. The molecule has 1 rings (SSSR count). The third kappa shape index (κ3) is 3.18. The molecule has 0 radical (unpaired) electrons. The molecule has 4 heteroatoms. The Morgan fingerprint density at radius 1 is 1.33 bits per heavy atom. The predicted molar refractivity (Wildman–Crippen MR) is 60.9 cm³/mol. The molecule has 84 valence electrons. The number of hydrogen-bond donors (Lipinski definition) is 3. The SMILES string of the molecule is CNCC(O)C(O)c1ccccc1CCl. The van der Waals surface area contributed by atoms with Crippen LogP contribution in [0.3, 0.4) is 0 Å². The van der Waals surface area contributed by atoms with Crippen molar-refractivity contribution in [3.8, 4) is 0 Å². The Bertz CT molecular complexity index is 306. The minimum atomic E-state index is -0.896. The van der Waals surface area contributed by atoms with Gasteiger partial charge < -0.3 is 15.5 Å². The summed E-state index contributed by atoms with van der Waals surface area (Å²) in [7, 11) is 1.73. The van der Waals surface area contributed by atoms with Crippen LogP contribution in [0.1, 0.15) is 17.2 Å². The lowest BCUT2D eigenvalue weighted by atomic mass is 9.99. The van der Waals surface area contributed by atoms with Gasteiger partial charge in [-0.15, -0.1) is 11.6 Å². The fourth-order valence-corrected chi connectivity index (χ4v) is 1.72. The molecule has 1 aromatic carbocycles. The summed E-state index contributed by atoms with van der Waals surface area (Å²) < 4.78 is 0. The van der Waals surface area contributed by atoms with Crippen molar-refractivity contribution in [3.05, 3.63) is 35.4 Å². The van der Waals surface area contributed by atoms with Gasteiger partial charge >= 0.3 is 0 Å². The Hall–Kier alpha value is -0.610. The first-order valence-electron chi connectivity index (χ1n) is 4.85. The van der Waals surface area contributed by atoms with Crippen LogP contribution in [0.2, 0.25) is 0 Å². The van der Waals surface area contributed by atoms with Gasteiger partial charge in [0.1, 0.15) is 6.10 Å². The molecule has 0 aliphatic rings. The van der Waals surface area contributed by atoms with Crippen LogP contribution in [-0.4, -0.2) is 29.9 Å². The molecule has 3 nitrogen and oxygen atoms in total. The van der Waals surface area contributed by atoms with Gasteiger partial charge in [-0.05, 0) is 18.2 Å². The van der Waals surface area contributed by atoms with Gasteiger partial charge in [-0.3, -0.25) is 0 Å². The number of aliphatic hydroxyl groups excluding tert-OH is 2. The van der Waals surface area contributed by atoms with Gasteiger partial charge in [0.2, 0.25) is 0 Å². The molecule has 0 amide bonds. The van der Waals surface area contributed by atoms with Gasteiger partial charge in [0, 0.05) is 12.4 Å². The lowest BCUT2D eigenvalue weighted by Gasteiger charge is -2.19. The van der Waals surface area contributed by atoms with E-state index in [1.807, 2.05) is 18.2 Å². The van der Waals surface area contributed by atoms with Crippen molar-refractivity contribution < 1.29 is 10.2 Å². The second-order valence-corrected chi connectivity index (χ2v) is 3.67. The Labute approximate surface area is 94.7 Å². The Balaban J connectivity index is 2.84. The zero-order valence-electron chi connectivity index (χ0n) is 8.65. The first kappa shape index (κ1) is 12.5. The van der Waals surface area contributed by atoms with Crippen molar-refractivity contribution >= 4 is 11.6 Å². The lowest BCUT2D eigenvalue weighted by molar-refractivity contribution is 0.0198. The largest absolute Gasteiger partial charge is 0.389 e. The van der Waals surface area contributed by atoms with Crippen molar-refractivity contribution in [1.29, 1.82) is 0 Å². The maximum atomic E-state index is 9.88. The van der Waals surface area contributed by atoms with Crippen LogP contribution in [0.5, 0.6) is 0 Å². The van der Waals surface area contributed by atoms with Gasteiger partial charge in [-0.2, -0.15) is 0 Å². The smallest absolute Gasteiger partial charge is 0.106 e. The standard InChI is InChI=1S/C11H16ClNO2/c1-13-7-10(14)11(15)9-5-3-2-4-8(9)6-12/h2-5,10-11,13-15H,6-7H2,1H3. The summed E-state index contributed by atoms with van der Waals surface area (Å²) in [6, 6.07) is 7.30. The molecule has 0 heterocycles. The Morgan fingerprint density at radius 3 is 2.60 bits per heavy atom. The molecular formula is C11H16ClNO2. The second kappa shape index (κ2) is 6.08. The first-order valence-corrected chi connectivity index (χ1v) is 5.38. The molecule has 1 aromatic rings. The van der Waals surface area contributed by atoms with Crippen LogP contribution >= 0.6 is 11.6 Å². The third-order valence-electron chi connectivity index (χ3n) is 2.30. The maximum Gasteiger partial charge on any atom is 0.106 e. The third-order valence-corrected chi connectivity index (χ3v) is 2.58. The topological polar surface area (TPSA) is 52.5 Å². The molecule has 0 aliphatic carbocycles. The number of benzene rings is 1. The molecule has 15 heavy (non-hydrogen) atoms. The van der Waals surface area contributed by atoms with E-state index >= 15 is 0 Å². The van der Waals surface area contributed by atoms with Crippen molar-refractivity contribution in [2.45, 2.75) is 18.1 Å². The highest BCUT2D eigenvalue weighted by molar-refractivity contribution is 6.17.